The van der Waals surface area contributed by atoms with Crippen LogP contribution < -0.4 is 5.32 Å². The minimum atomic E-state index is -3.52. The van der Waals surface area contributed by atoms with Crippen molar-refractivity contribution in [3.05, 3.63) is 65.2 Å². The van der Waals surface area contributed by atoms with Gasteiger partial charge in [-0.25, -0.2) is 0 Å². The van der Waals surface area contributed by atoms with E-state index in [1.54, 1.807) is 0 Å². The Balaban J connectivity index is 1.67. The van der Waals surface area contributed by atoms with Gasteiger partial charge < -0.3 is 14.4 Å². The lowest BCUT2D eigenvalue weighted by molar-refractivity contribution is 0.0758. The Morgan fingerprint density at radius 3 is 1.81 bits per heavy atom. The van der Waals surface area contributed by atoms with Gasteiger partial charge in [-0.15, -0.1) is 0 Å². The van der Waals surface area contributed by atoms with E-state index in [1.165, 1.54) is 12.8 Å². The molecule has 6 heteroatoms. The van der Waals surface area contributed by atoms with Crippen molar-refractivity contribution < 1.29 is 13.6 Å². The molecule has 2 saturated carbocycles. The molecule has 4 rings (SSSR count). The van der Waals surface area contributed by atoms with Gasteiger partial charge in [0.2, 0.25) is 0 Å². The molecule has 2 aliphatic carbocycles. The molecule has 0 aliphatic heterocycles. The van der Waals surface area contributed by atoms with Gasteiger partial charge in [0.1, 0.15) is 0 Å². The highest BCUT2D eigenvalue weighted by atomic mass is 35.5. The molecule has 0 heterocycles. The lowest BCUT2D eigenvalue weighted by atomic mass is 9.98. The normalized spacial score (nSPS) is 19.8. The van der Waals surface area contributed by atoms with E-state index in [0.29, 0.717) is 5.02 Å². The van der Waals surface area contributed by atoms with Gasteiger partial charge in [0.05, 0.1) is 12.2 Å². The summed E-state index contributed by atoms with van der Waals surface area (Å²) < 4.78 is 27.5. The number of rotatable bonds is 8. The molecule has 2 fully saturated rings. The van der Waals surface area contributed by atoms with E-state index < -0.39 is 13.4 Å². The van der Waals surface area contributed by atoms with Crippen LogP contribution in [0.25, 0.3) is 0 Å². The number of para-hydroxylation sites is 1. The summed E-state index contributed by atoms with van der Waals surface area (Å²) in [6, 6.07) is 17.4. The lowest BCUT2D eigenvalue weighted by Gasteiger charge is -2.36. The Kier molecular flexibility index (Phi) is 8.12. The van der Waals surface area contributed by atoms with Crippen LogP contribution in [-0.4, -0.2) is 12.2 Å². The van der Waals surface area contributed by atoms with Gasteiger partial charge in [-0.1, -0.05) is 80.5 Å². The minimum Gasteiger partial charge on any atom is -0.368 e. The molecule has 168 valence electrons. The number of anilines is 1. The van der Waals surface area contributed by atoms with Gasteiger partial charge in [0.25, 0.3) is 0 Å². The molecule has 0 radical (unpaired) electrons. The molecule has 0 amide bonds. The van der Waals surface area contributed by atoms with Gasteiger partial charge in [0, 0.05) is 10.7 Å². The second-order valence-electron chi connectivity index (χ2n) is 8.74. The van der Waals surface area contributed by atoms with E-state index in [2.05, 4.69) is 5.32 Å². The summed E-state index contributed by atoms with van der Waals surface area (Å²) in [6.45, 7) is 0. The molecule has 2 aliphatic rings. The lowest BCUT2D eigenvalue weighted by Crippen LogP contribution is -2.25. The third-order valence-corrected chi connectivity index (χ3v) is 8.77. The molecule has 4 nitrogen and oxygen atoms in total. The molecule has 0 bridgehead atoms. The molecule has 0 saturated heterocycles. The second-order valence-corrected chi connectivity index (χ2v) is 11.2. The maximum Gasteiger partial charge on any atom is 0.357 e. The molecule has 1 atom stereocenters. The molecule has 31 heavy (non-hydrogen) atoms. The first-order valence-electron chi connectivity index (χ1n) is 11.7. The van der Waals surface area contributed by atoms with Crippen molar-refractivity contribution in [1.82, 2.24) is 0 Å². The molecule has 1 N–H and O–H groups in total. The number of halogens is 1. The van der Waals surface area contributed by atoms with Gasteiger partial charge in [0.15, 0.2) is 5.78 Å². The molecular weight excluding hydrogens is 429 g/mol. The van der Waals surface area contributed by atoms with E-state index >= 15 is 0 Å². The zero-order chi connectivity index (χ0) is 21.5. The Morgan fingerprint density at radius 1 is 0.774 bits per heavy atom. The van der Waals surface area contributed by atoms with Crippen LogP contribution in [-0.2, 0) is 13.6 Å². The Labute approximate surface area is 191 Å². The first-order chi connectivity index (χ1) is 15.1. The van der Waals surface area contributed by atoms with Gasteiger partial charge in [-0.05, 0) is 55.5 Å². The SMILES string of the molecule is O=P(OC1CCCCC1)(OC1CCCCC1)C(Nc1ccccc1)c1ccc(Cl)cc1. The van der Waals surface area contributed by atoms with Gasteiger partial charge in [-0.3, -0.25) is 4.57 Å². The quantitative estimate of drug-likeness (QED) is 0.401. The fraction of sp³-hybridized carbons (Fsp3) is 0.520. The molecule has 0 spiro atoms. The van der Waals surface area contributed by atoms with E-state index in [0.717, 1.165) is 62.6 Å². The van der Waals surface area contributed by atoms with Gasteiger partial charge in [-0.2, -0.15) is 0 Å². The smallest absolute Gasteiger partial charge is 0.357 e. The number of hydrogen-bond acceptors (Lipinski definition) is 4. The average molecular weight is 462 g/mol. The van der Waals surface area contributed by atoms with Crippen molar-refractivity contribution in [2.45, 2.75) is 82.2 Å². The van der Waals surface area contributed by atoms with Crippen molar-refractivity contribution >= 4 is 24.9 Å². The van der Waals surface area contributed by atoms with Crippen LogP contribution in [0, 0.1) is 0 Å². The van der Waals surface area contributed by atoms with Crippen LogP contribution in [0.5, 0.6) is 0 Å². The topological polar surface area (TPSA) is 47.6 Å². The second kappa shape index (κ2) is 11.0. The Bertz CT molecular complexity index is 825. The fourth-order valence-electron chi connectivity index (χ4n) is 4.59. The third-order valence-electron chi connectivity index (χ3n) is 6.28. The number of nitrogens with one attached hydrogen (secondary N) is 1. The van der Waals surface area contributed by atoms with Crippen LogP contribution in [0.4, 0.5) is 5.69 Å². The standard InChI is InChI=1S/C25H33ClNO3P/c26-21-18-16-20(17-19-21)25(27-22-10-4-1-5-11-22)31(28,29-23-12-6-2-7-13-23)30-24-14-8-3-9-15-24/h1,4-5,10-11,16-19,23-25,27H,2-3,6-9,12-15H2. The summed E-state index contributed by atoms with van der Waals surface area (Å²) in [5, 5.41) is 4.13. The van der Waals surface area contributed by atoms with Crippen molar-refractivity contribution in [3.8, 4) is 0 Å². The van der Waals surface area contributed by atoms with Crippen LogP contribution in [0.2, 0.25) is 5.02 Å². The van der Waals surface area contributed by atoms with Crippen molar-refractivity contribution in [3.63, 3.8) is 0 Å². The molecule has 1 unspecified atom stereocenters. The molecule has 2 aromatic rings. The van der Waals surface area contributed by atoms with E-state index in [4.69, 9.17) is 20.6 Å². The zero-order valence-electron chi connectivity index (χ0n) is 18.0. The van der Waals surface area contributed by atoms with Crippen LogP contribution in [0.15, 0.2) is 54.6 Å². The maximum atomic E-state index is 14.6. The fourth-order valence-corrected chi connectivity index (χ4v) is 7.10. The Hall–Kier alpha value is -1.32. The van der Waals surface area contributed by atoms with E-state index in [-0.39, 0.29) is 12.2 Å². The predicted molar refractivity (Wildman–Crippen MR) is 128 cm³/mol. The number of benzene rings is 2. The van der Waals surface area contributed by atoms with Crippen LogP contribution >= 0.6 is 19.2 Å². The highest BCUT2D eigenvalue weighted by Crippen LogP contribution is 2.64. The van der Waals surface area contributed by atoms with E-state index in [9.17, 15) is 4.57 Å². The summed E-state index contributed by atoms with van der Waals surface area (Å²) in [4.78, 5) is 0. The minimum absolute atomic E-state index is 0.0180. The molecule has 0 aromatic heterocycles. The summed E-state index contributed by atoms with van der Waals surface area (Å²) in [5.74, 6) is -0.587. The highest BCUT2D eigenvalue weighted by molar-refractivity contribution is 7.54. The Morgan fingerprint density at radius 2 is 1.29 bits per heavy atom. The zero-order valence-corrected chi connectivity index (χ0v) is 19.7. The molecular formula is C25H33ClNO3P. The van der Waals surface area contributed by atoms with Crippen molar-refractivity contribution in [2.75, 3.05) is 5.32 Å². The third kappa shape index (κ3) is 6.35. The summed E-state index contributed by atoms with van der Waals surface area (Å²) in [7, 11) is -3.52. The van der Waals surface area contributed by atoms with Crippen LogP contribution in [0.1, 0.15) is 75.6 Å². The maximum absolute atomic E-state index is 14.6. The van der Waals surface area contributed by atoms with Gasteiger partial charge >= 0.3 is 7.60 Å². The predicted octanol–water partition coefficient (Wildman–Crippen LogP) is 8.34. The summed E-state index contributed by atoms with van der Waals surface area (Å²) in [6.07, 6.45) is 10.6. The monoisotopic (exact) mass is 461 g/mol. The average Bonchev–Trinajstić information content (AvgIpc) is 2.80. The highest BCUT2D eigenvalue weighted by Gasteiger charge is 2.42. The summed E-state index contributed by atoms with van der Waals surface area (Å²) >= 11 is 6.15. The van der Waals surface area contributed by atoms with E-state index in [1.807, 2.05) is 54.6 Å². The summed E-state index contributed by atoms with van der Waals surface area (Å²) in [5.41, 5.74) is 1.75. The number of hydrogen-bond donors (Lipinski definition) is 1. The first kappa shape index (κ1) is 22.9. The largest absolute Gasteiger partial charge is 0.368 e. The molecule has 2 aromatic carbocycles. The van der Waals surface area contributed by atoms with Crippen LogP contribution in [0.3, 0.4) is 0 Å². The van der Waals surface area contributed by atoms with Crippen molar-refractivity contribution in [2.24, 2.45) is 0 Å². The van der Waals surface area contributed by atoms with Crippen molar-refractivity contribution in [1.29, 1.82) is 0 Å². The first-order valence-corrected chi connectivity index (χ1v) is 13.6.